The fraction of sp³-hybridized carbons (Fsp3) is 0.500. The van der Waals surface area contributed by atoms with Crippen LogP contribution in [0.15, 0.2) is 30.9 Å². The predicted molar refractivity (Wildman–Crippen MR) is 91.3 cm³/mol. The van der Waals surface area contributed by atoms with Gasteiger partial charge >= 0.3 is 6.09 Å². The van der Waals surface area contributed by atoms with Crippen molar-refractivity contribution in [2.45, 2.75) is 32.8 Å². The van der Waals surface area contributed by atoms with Crippen molar-refractivity contribution in [3.63, 3.8) is 0 Å². The molecule has 0 aliphatic heterocycles. The Morgan fingerprint density at radius 1 is 1.22 bits per heavy atom. The third-order valence-electron chi connectivity index (χ3n) is 3.12. The second-order valence-corrected chi connectivity index (χ2v) is 6.15. The number of ether oxygens (including phenoxy) is 3. The molecular formula is C18H27NO4. The highest BCUT2D eigenvalue weighted by molar-refractivity contribution is 5.68. The van der Waals surface area contributed by atoms with Gasteiger partial charge in [-0.05, 0) is 44.9 Å². The highest BCUT2D eigenvalue weighted by Gasteiger charge is 2.21. The largest absolute Gasteiger partial charge is 0.493 e. The molecule has 0 N–H and O–H groups in total. The van der Waals surface area contributed by atoms with E-state index in [-0.39, 0.29) is 6.09 Å². The lowest BCUT2D eigenvalue weighted by Crippen LogP contribution is -2.38. The van der Waals surface area contributed by atoms with Crippen molar-refractivity contribution in [2.24, 2.45) is 0 Å². The van der Waals surface area contributed by atoms with Crippen LogP contribution >= 0.6 is 0 Å². The monoisotopic (exact) mass is 321 g/mol. The number of amides is 1. The Hall–Kier alpha value is -2.17. The van der Waals surface area contributed by atoms with Gasteiger partial charge in [-0.15, -0.1) is 6.58 Å². The number of hydrogen-bond donors (Lipinski definition) is 0. The number of methoxy groups -OCH3 is 2. The van der Waals surface area contributed by atoms with E-state index in [0.717, 1.165) is 5.56 Å². The number of benzene rings is 1. The fourth-order valence-corrected chi connectivity index (χ4v) is 2.04. The highest BCUT2D eigenvalue weighted by Crippen LogP contribution is 2.27. The summed E-state index contributed by atoms with van der Waals surface area (Å²) in [5.74, 6) is 1.36. The van der Waals surface area contributed by atoms with E-state index in [0.29, 0.717) is 31.0 Å². The molecule has 0 unspecified atom stereocenters. The van der Waals surface area contributed by atoms with Crippen molar-refractivity contribution >= 4 is 6.09 Å². The lowest BCUT2D eigenvalue weighted by atomic mass is 10.1. The predicted octanol–water partition coefficient (Wildman–Crippen LogP) is 3.67. The number of carbonyl (C=O) groups excluding carboxylic acids is 1. The number of carbonyl (C=O) groups is 1. The molecule has 0 atom stereocenters. The van der Waals surface area contributed by atoms with Gasteiger partial charge in [-0.1, -0.05) is 12.1 Å². The van der Waals surface area contributed by atoms with Crippen molar-refractivity contribution in [1.82, 2.24) is 4.90 Å². The number of rotatable bonds is 7. The molecule has 1 aromatic carbocycles. The summed E-state index contributed by atoms with van der Waals surface area (Å²) in [7, 11) is 3.21. The van der Waals surface area contributed by atoms with Gasteiger partial charge in [0.05, 0.1) is 14.2 Å². The van der Waals surface area contributed by atoms with Crippen LogP contribution in [0.25, 0.3) is 0 Å². The molecule has 0 spiro atoms. The normalized spacial score (nSPS) is 10.8. The maximum absolute atomic E-state index is 12.2. The smallest absolute Gasteiger partial charge is 0.410 e. The molecule has 1 aromatic rings. The van der Waals surface area contributed by atoms with Gasteiger partial charge in [0.15, 0.2) is 11.5 Å². The van der Waals surface area contributed by atoms with Gasteiger partial charge in [0.2, 0.25) is 0 Å². The molecule has 0 aliphatic rings. The molecule has 128 valence electrons. The molecule has 0 radical (unpaired) electrons. The molecule has 5 heteroatoms. The van der Waals surface area contributed by atoms with Crippen LogP contribution in [-0.4, -0.2) is 43.9 Å². The molecule has 0 aromatic heterocycles. The Kier molecular flexibility index (Phi) is 6.94. The summed E-state index contributed by atoms with van der Waals surface area (Å²) in [4.78, 5) is 13.8. The fourth-order valence-electron chi connectivity index (χ4n) is 2.04. The summed E-state index contributed by atoms with van der Waals surface area (Å²) in [5.41, 5.74) is 0.542. The molecule has 1 amide bonds. The van der Waals surface area contributed by atoms with Gasteiger partial charge in [0, 0.05) is 13.1 Å². The molecule has 0 heterocycles. The molecule has 0 saturated heterocycles. The third-order valence-corrected chi connectivity index (χ3v) is 3.12. The molecule has 5 nitrogen and oxygen atoms in total. The Labute approximate surface area is 138 Å². The first-order chi connectivity index (χ1) is 10.8. The summed E-state index contributed by atoms with van der Waals surface area (Å²) < 4.78 is 15.9. The van der Waals surface area contributed by atoms with E-state index in [9.17, 15) is 4.79 Å². The average Bonchev–Trinajstić information content (AvgIpc) is 2.49. The molecule has 0 fully saturated rings. The van der Waals surface area contributed by atoms with Gasteiger partial charge in [0.25, 0.3) is 0 Å². The minimum absolute atomic E-state index is 0.335. The topological polar surface area (TPSA) is 48.0 Å². The first kappa shape index (κ1) is 18.9. The van der Waals surface area contributed by atoms with Crippen LogP contribution in [0, 0.1) is 0 Å². The number of nitrogens with zero attached hydrogens (tertiary/aromatic N) is 1. The zero-order valence-electron chi connectivity index (χ0n) is 14.7. The van der Waals surface area contributed by atoms with Crippen LogP contribution < -0.4 is 9.47 Å². The Balaban J connectivity index is 2.75. The Morgan fingerprint density at radius 2 is 1.87 bits per heavy atom. The van der Waals surface area contributed by atoms with E-state index in [1.165, 1.54) is 0 Å². The van der Waals surface area contributed by atoms with Crippen LogP contribution in [0.3, 0.4) is 0 Å². The summed E-state index contributed by atoms with van der Waals surface area (Å²) in [6, 6.07) is 5.74. The van der Waals surface area contributed by atoms with E-state index in [1.54, 1.807) is 25.2 Å². The molecular weight excluding hydrogens is 294 g/mol. The van der Waals surface area contributed by atoms with E-state index < -0.39 is 5.60 Å². The van der Waals surface area contributed by atoms with Crippen molar-refractivity contribution in [1.29, 1.82) is 0 Å². The maximum Gasteiger partial charge on any atom is 0.410 e. The van der Waals surface area contributed by atoms with Crippen LogP contribution in [0.2, 0.25) is 0 Å². The first-order valence-corrected chi connectivity index (χ1v) is 7.60. The minimum atomic E-state index is -0.514. The van der Waals surface area contributed by atoms with Gasteiger partial charge in [-0.3, -0.25) is 0 Å². The lowest BCUT2D eigenvalue weighted by molar-refractivity contribution is 0.0274. The molecule has 0 bridgehead atoms. The standard InChI is InChI=1S/C18H27NO4/c1-7-11-19(17(20)23-18(2,3)4)12-10-14-8-9-15(21-5)16(13-14)22-6/h7-9,13H,1,10-12H2,2-6H3. The summed E-state index contributed by atoms with van der Waals surface area (Å²) in [6.07, 6.45) is 2.05. The SMILES string of the molecule is C=CCN(CCc1ccc(OC)c(OC)c1)C(=O)OC(C)(C)C. The van der Waals surface area contributed by atoms with E-state index >= 15 is 0 Å². The van der Waals surface area contributed by atoms with E-state index in [4.69, 9.17) is 14.2 Å². The molecule has 0 saturated carbocycles. The van der Waals surface area contributed by atoms with Crippen molar-refractivity contribution < 1.29 is 19.0 Å². The zero-order chi connectivity index (χ0) is 17.5. The third kappa shape index (κ3) is 6.22. The van der Waals surface area contributed by atoms with Gasteiger partial charge in [0.1, 0.15) is 5.60 Å². The van der Waals surface area contributed by atoms with Crippen LogP contribution in [0.5, 0.6) is 11.5 Å². The van der Waals surface area contributed by atoms with Crippen LogP contribution in [0.1, 0.15) is 26.3 Å². The summed E-state index contributed by atoms with van der Waals surface area (Å²) >= 11 is 0. The summed E-state index contributed by atoms with van der Waals surface area (Å²) in [6.45, 7) is 10.2. The van der Waals surface area contributed by atoms with Gasteiger partial charge in [-0.2, -0.15) is 0 Å². The van der Waals surface area contributed by atoms with E-state index in [2.05, 4.69) is 6.58 Å². The Bertz CT molecular complexity index is 534. The van der Waals surface area contributed by atoms with E-state index in [1.807, 2.05) is 39.0 Å². The van der Waals surface area contributed by atoms with Crippen molar-refractivity contribution in [2.75, 3.05) is 27.3 Å². The first-order valence-electron chi connectivity index (χ1n) is 7.60. The second-order valence-electron chi connectivity index (χ2n) is 6.15. The van der Waals surface area contributed by atoms with Crippen LogP contribution in [0.4, 0.5) is 4.79 Å². The zero-order valence-corrected chi connectivity index (χ0v) is 14.7. The minimum Gasteiger partial charge on any atom is -0.493 e. The quantitative estimate of drug-likeness (QED) is 0.719. The average molecular weight is 321 g/mol. The molecule has 1 rings (SSSR count). The second kappa shape index (κ2) is 8.46. The highest BCUT2D eigenvalue weighted by atomic mass is 16.6. The maximum atomic E-state index is 12.2. The Morgan fingerprint density at radius 3 is 2.39 bits per heavy atom. The number of hydrogen-bond acceptors (Lipinski definition) is 4. The molecule has 23 heavy (non-hydrogen) atoms. The van der Waals surface area contributed by atoms with Crippen molar-refractivity contribution in [3.05, 3.63) is 36.4 Å². The van der Waals surface area contributed by atoms with Gasteiger partial charge in [-0.25, -0.2) is 4.79 Å². The summed E-state index contributed by atoms with van der Waals surface area (Å²) in [5, 5.41) is 0. The van der Waals surface area contributed by atoms with Crippen LogP contribution in [-0.2, 0) is 11.2 Å². The van der Waals surface area contributed by atoms with Gasteiger partial charge < -0.3 is 19.1 Å². The van der Waals surface area contributed by atoms with Crippen molar-refractivity contribution in [3.8, 4) is 11.5 Å². The lowest BCUT2D eigenvalue weighted by Gasteiger charge is -2.26. The molecule has 0 aliphatic carbocycles.